The number of hydrogen-bond donors (Lipinski definition) is 3. The number of carboxylic acids is 1. The SMILES string of the molecule is O=C(NC[C@@H]1C[C@@H]1C(=O)NC(C(=O)O)C1CCCCC1)OCC1c2ccccc2-c2ccccc21. The summed E-state index contributed by atoms with van der Waals surface area (Å²) >= 11 is 0. The predicted octanol–water partition coefficient (Wildman–Crippen LogP) is 4.31. The number of carboxylic acid groups (broad SMARTS) is 1. The van der Waals surface area contributed by atoms with Crippen LogP contribution < -0.4 is 10.6 Å². The maximum Gasteiger partial charge on any atom is 0.407 e. The normalized spacial score (nSPS) is 21.9. The summed E-state index contributed by atoms with van der Waals surface area (Å²) in [7, 11) is 0. The van der Waals surface area contributed by atoms with Crippen LogP contribution in [0, 0.1) is 17.8 Å². The molecule has 3 N–H and O–H groups in total. The van der Waals surface area contributed by atoms with E-state index in [9.17, 15) is 19.5 Å². The number of benzene rings is 2. The van der Waals surface area contributed by atoms with Gasteiger partial charge in [-0.25, -0.2) is 9.59 Å². The van der Waals surface area contributed by atoms with Crippen LogP contribution in [0.15, 0.2) is 48.5 Å². The summed E-state index contributed by atoms with van der Waals surface area (Å²) in [6.45, 7) is 0.589. The van der Waals surface area contributed by atoms with Gasteiger partial charge in [-0.3, -0.25) is 4.79 Å². The van der Waals surface area contributed by atoms with Crippen molar-refractivity contribution in [1.29, 1.82) is 0 Å². The van der Waals surface area contributed by atoms with Crippen molar-refractivity contribution in [2.45, 2.75) is 50.5 Å². The smallest absolute Gasteiger partial charge is 0.407 e. The average Bonchev–Trinajstić information content (AvgIpc) is 3.60. The Morgan fingerprint density at radius 1 is 0.943 bits per heavy atom. The van der Waals surface area contributed by atoms with Gasteiger partial charge in [-0.1, -0.05) is 67.8 Å². The lowest BCUT2D eigenvalue weighted by Crippen LogP contribution is -2.47. The summed E-state index contributed by atoms with van der Waals surface area (Å²) in [6.07, 6.45) is 4.99. The van der Waals surface area contributed by atoms with Crippen molar-refractivity contribution in [3.63, 3.8) is 0 Å². The first-order valence-corrected chi connectivity index (χ1v) is 12.6. The van der Waals surface area contributed by atoms with Gasteiger partial charge in [0, 0.05) is 18.4 Å². The van der Waals surface area contributed by atoms with E-state index in [2.05, 4.69) is 34.9 Å². The fraction of sp³-hybridized carbons (Fsp3) is 0.464. The van der Waals surface area contributed by atoms with Crippen LogP contribution in [0.1, 0.15) is 55.6 Å². The Bertz CT molecular complexity index is 1060. The lowest BCUT2D eigenvalue weighted by Gasteiger charge is -2.28. The van der Waals surface area contributed by atoms with E-state index < -0.39 is 18.1 Å². The number of amides is 2. The first kappa shape index (κ1) is 23.4. The summed E-state index contributed by atoms with van der Waals surface area (Å²) in [4.78, 5) is 36.7. The second kappa shape index (κ2) is 10.1. The number of nitrogens with one attached hydrogen (secondary N) is 2. The third-order valence-electron chi connectivity index (χ3n) is 7.80. The quantitative estimate of drug-likeness (QED) is 0.527. The Labute approximate surface area is 205 Å². The van der Waals surface area contributed by atoms with E-state index in [-0.39, 0.29) is 36.2 Å². The van der Waals surface area contributed by atoms with Crippen LogP contribution in [0.4, 0.5) is 4.79 Å². The van der Waals surface area contributed by atoms with Crippen molar-refractivity contribution >= 4 is 18.0 Å². The van der Waals surface area contributed by atoms with Gasteiger partial charge in [0.25, 0.3) is 0 Å². The zero-order valence-electron chi connectivity index (χ0n) is 19.7. The molecule has 2 aromatic carbocycles. The molecule has 2 fully saturated rings. The van der Waals surface area contributed by atoms with Crippen molar-refractivity contribution in [3.8, 4) is 11.1 Å². The number of aliphatic carboxylic acids is 1. The Balaban J connectivity index is 1.09. The van der Waals surface area contributed by atoms with Gasteiger partial charge >= 0.3 is 12.1 Å². The van der Waals surface area contributed by atoms with Crippen LogP contribution in [0.5, 0.6) is 0 Å². The van der Waals surface area contributed by atoms with Gasteiger partial charge in [0.05, 0.1) is 0 Å². The topological polar surface area (TPSA) is 105 Å². The fourth-order valence-electron chi connectivity index (χ4n) is 5.77. The van der Waals surface area contributed by atoms with Gasteiger partial charge in [-0.15, -0.1) is 0 Å². The monoisotopic (exact) mass is 476 g/mol. The maximum atomic E-state index is 12.6. The van der Waals surface area contributed by atoms with Gasteiger partial charge < -0.3 is 20.5 Å². The van der Waals surface area contributed by atoms with Crippen LogP contribution in [-0.2, 0) is 14.3 Å². The molecule has 3 aliphatic rings. The highest BCUT2D eigenvalue weighted by Crippen LogP contribution is 2.44. The maximum absolute atomic E-state index is 12.6. The highest BCUT2D eigenvalue weighted by Gasteiger charge is 2.45. The first-order chi connectivity index (χ1) is 17.0. The van der Waals surface area contributed by atoms with Crippen molar-refractivity contribution in [1.82, 2.24) is 10.6 Å². The molecule has 0 bridgehead atoms. The molecule has 35 heavy (non-hydrogen) atoms. The van der Waals surface area contributed by atoms with Crippen molar-refractivity contribution in [2.24, 2.45) is 17.8 Å². The predicted molar refractivity (Wildman–Crippen MR) is 131 cm³/mol. The molecule has 184 valence electrons. The van der Waals surface area contributed by atoms with E-state index in [4.69, 9.17) is 4.74 Å². The van der Waals surface area contributed by atoms with Crippen LogP contribution in [-0.4, -0.2) is 42.3 Å². The van der Waals surface area contributed by atoms with Gasteiger partial charge in [0.15, 0.2) is 0 Å². The largest absolute Gasteiger partial charge is 0.480 e. The second-order valence-corrected chi connectivity index (χ2v) is 10.0. The molecule has 7 heteroatoms. The third-order valence-corrected chi connectivity index (χ3v) is 7.80. The molecule has 0 saturated heterocycles. The lowest BCUT2D eigenvalue weighted by molar-refractivity contribution is -0.144. The third kappa shape index (κ3) is 5.04. The molecule has 3 aliphatic carbocycles. The van der Waals surface area contributed by atoms with E-state index in [1.165, 1.54) is 11.1 Å². The molecule has 0 aromatic heterocycles. The Hall–Kier alpha value is -3.35. The number of ether oxygens (including phenoxy) is 1. The number of hydrogen-bond acceptors (Lipinski definition) is 4. The molecule has 1 unspecified atom stereocenters. The number of carbonyl (C=O) groups is 3. The van der Waals surface area contributed by atoms with Crippen LogP contribution in [0.25, 0.3) is 11.1 Å². The zero-order chi connectivity index (χ0) is 24.4. The van der Waals surface area contributed by atoms with Crippen LogP contribution in [0.2, 0.25) is 0 Å². The van der Waals surface area contributed by atoms with E-state index in [1.807, 2.05) is 24.3 Å². The lowest BCUT2D eigenvalue weighted by atomic mass is 9.84. The second-order valence-electron chi connectivity index (χ2n) is 10.0. The minimum Gasteiger partial charge on any atom is -0.480 e. The van der Waals surface area contributed by atoms with E-state index >= 15 is 0 Å². The Kier molecular flexibility index (Phi) is 6.75. The van der Waals surface area contributed by atoms with Gasteiger partial charge in [0.2, 0.25) is 5.91 Å². The van der Waals surface area contributed by atoms with Crippen molar-refractivity contribution < 1.29 is 24.2 Å². The summed E-state index contributed by atoms with van der Waals surface area (Å²) in [5.41, 5.74) is 4.67. The van der Waals surface area contributed by atoms with Crippen molar-refractivity contribution in [2.75, 3.05) is 13.2 Å². The van der Waals surface area contributed by atoms with E-state index in [0.29, 0.717) is 13.0 Å². The molecule has 0 spiro atoms. The molecule has 2 saturated carbocycles. The molecule has 5 rings (SSSR count). The van der Waals surface area contributed by atoms with Gasteiger partial charge in [0.1, 0.15) is 12.6 Å². The van der Waals surface area contributed by atoms with E-state index in [0.717, 1.165) is 43.2 Å². The molecular formula is C28H32N2O5. The minimum absolute atomic E-state index is 0.000315. The summed E-state index contributed by atoms with van der Waals surface area (Å²) in [5.74, 6) is -1.42. The molecule has 0 heterocycles. The number of fused-ring (bicyclic) bond motifs is 3. The number of carbonyl (C=O) groups excluding carboxylic acids is 2. The summed E-state index contributed by atoms with van der Waals surface area (Å²) in [5, 5.41) is 15.1. The van der Waals surface area contributed by atoms with Crippen LogP contribution in [0.3, 0.4) is 0 Å². The summed E-state index contributed by atoms with van der Waals surface area (Å²) in [6, 6.07) is 15.5. The van der Waals surface area contributed by atoms with Gasteiger partial charge in [-0.2, -0.15) is 0 Å². The van der Waals surface area contributed by atoms with Crippen LogP contribution >= 0.6 is 0 Å². The highest BCUT2D eigenvalue weighted by molar-refractivity contribution is 5.87. The highest BCUT2D eigenvalue weighted by atomic mass is 16.5. The first-order valence-electron chi connectivity index (χ1n) is 12.6. The fourth-order valence-corrected chi connectivity index (χ4v) is 5.77. The molecular weight excluding hydrogens is 444 g/mol. The van der Waals surface area contributed by atoms with E-state index in [1.54, 1.807) is 0 Å². The molecule has 2 aromatic rings. The zero-order valence-corrected chi connectivity index (χ0v) is 19.7. The summed E-state index contributed by atoms with van der Waals surface area (Å²) < 4.78 is 5.56. The minimum atomic E-state index is -0.959. The van der Waals surface area contributed by atoms with Gasteiger partial charge in [-0.05, 0) is 53.4 Å². The Morgan fingerprint density at radius 3 is 2.20 bits per heavy atom. The Morgan fingerprint density at radius 2 is 1.57 bits per heavy atom. The molecule has 2 amide bonds. The molecule has 3 atom stereocenters. The average molecular weight is 477 g/mol. The molecule has 0 aliphatic heterocycles. The number of alkyl carbamates (subject to hydrolysis) is 1. The molecule has 7 nitrogen and oxygen atoms in total. The standard InChI is InChI=1S/C28H32N2O5/c31-26(30-25(27(32)33)17-8-2-1-3-9-17)23-14-18(23)15-29-28(34)35-16-24-21-12-6-4-10-19(21)20-11-5-7-13-22(20)24/h4-7,10-13,17-18,23-25H,1-3,8-9,14-16H2,(H,29,34)(H,30,31)(H,32,33)/t18-,23-,25?/m0/s1. The molecule has 0 radical (unpaired) electrons. The van der Waals surface area contributed by atoms with Crippen molar-refractivity contribution in [3.05, 3.63) is 59.7 Å². The number of rotatable bonds is 8.